The molecule has 2 aromatic carbocycles. The van der Waals surface area contributed by atoms with E-state index in [0.717, 1.165) is 11.1 Å². The van der Waals surface area contributed by atoms with Gasteiger partial charge in [0.15, 0.2) is 0 Å². The van der Waals surface area contributed by atoms with Gasteiger partial charge in [0.25, 0.3) is 11.7 Å². The summed E-state index contributed by atoms with van der Waals surface area (Å²) < 4.78 is 11.3. The number of carboxylic acids is 1. The van der Waals surface area contributed by atoms with E-state index in [1.165, 1.54) is 10.5 Å². The van der Waals surface area contributed by atoms with E-state index in [-0.39, 0.29) is 13.2 Å². The summed E-state index contributed by atoms with van der Waals surface area (Å²) in [6.07, 6.45) is 3.92. The van der Waals surface area contributed by atoms with Crippen molar-refractivity contribution in [2.24, 2.45) is 0 Å². The molecule has 1 amide bonds. The van der Waals surface area contributed by atoms with Crippen LogP contribution in [-0.2, 0) is 24.8 Å². The minimum absolute atomic E-state index is 0.287. The number of hydrogen-bond acceptors (Lipinski definition) is 4. The molecule has 1 spiro atoms. The van der Waals surface area contributed by atoms with Crippen LogP contribution in [0.25, 0.3) is 12.2 Å². The zero-order chi connectivity index (χ0) is 19.0. The van der Waals surface area contributed by atoms with Crippen molar-refractivity contribution >= 4 is 29.7 Å². The Hall–Kier alpha value is -2.96. The Morgan fingerprint density at radius 2 is 1.74 bits per heavy atom. The van der Waals surface area contributed by atoms with E-state index in [1.807, 2.05) is 55.5 Å². The van der Waals surface area contributed by atoms with E-state index in [1.54, 1.807) is 6.07 Å². The molecule has 2 aliphatic heterocycles. The first-order chi connectivity index (χ1) is 13.0. The SMILES string of the molecule is Cc1ccc(/C=C/c2ccc3c(c2)C2(OCCO2)C(=O)N3CC(=O)O)cc1. The van der Waals surface area contributed by atoms with Crippen LogP contribution in [0.5, 0.6) is 0 Å². The largest absolute Gasteiger partial charge is 0.480 e. The molecular formula is C21H19NO5. The fourth-order valence-electron chi connectivity index (χ4n) is 3.41. The second kappa shape index (κ2) is 6.64. The van der Waals surface area contributed by atoms with E-state index in [0.29, 0.717) is 11.3 Å². The topological polar surface area (TPSA) is 76.1 Å². The number of carbonyl (C=O) groups excluding carboxylic acids is 1. The lowest BCUT2D eigenvalue weighted by Gasteiger charge is -2.21. The summed E-state index contributed by atoms with van der Waals surface area (Å²) in [6, 6.07) is 13.6. The average Bonchev–Trinajstić information content (AvgIpc) is 3.22. The third-order valence-electron chi connectivity index (χ3n) is 4.73. The minimum Gasteiger partial charge on any atom is -0.480 e. The summed E-state index contributed by atoms with van der Waals surface area (Å²) in [5, 5.41) is 9.15. The molecule has 1 fully saturated rings. The van der Waals surface area contributed by atoms with Crippen molar-refractivity contribution in [1.82, 2.24) is 0 Å². The van der Waals surface area contributed by atoms with E-state index >= 15 is 0 Å². The molecule has 0 bridgehead atoms. The van der Waals surface area contributed by atoms with Crippen LogP contribution in [-0.4, -0.2) is 36.7 Å². The van der Waals surface area contributed by atoms with Gasteiger partial charge in [-0.25, -0.2) is 0 Å². The third-order valence-corrected chi connectivity index (χ3v) is 4.73. The zero-order valence-electron chi connectivity index (χ0n) is 14.8. The molecule has 4 rings (SSSR count). The summed E-state index contributed by atoms with van der Waals surface area (Å²) in [6.45, 7) is 2.18. The molecule has 0 atom stereocenters. The summed E-state index contributed by atoms with van der Waals surface area (Å²) >= 11 is 0. The Bertz CT molecular complexity index is 926. The monoisotopic (exact) mass is 365 g/mol. The number of rotatable bonds is 4. The highest BCUT2D eigenvalue weighted by molar-refractivity contribution is 6.08. The smallest absolute Gasteiger partial charge is 0.323 e. The maximum absolute atomic E-state index is 12.8. The third kappa shape index (κ3) is 3.03. The maximum Gasteiger partial charge on any atom is 0.323 e. The number of hydrogen-bond donors (Lipinski definition) is 1. The van der Waals surface area contributed by atoms with Gasteiger partial charge in [-0.1, -0.05) is 48.0 Å². The average molecular weight is 365 g/mol. The van der Waals surface area contributed by atoms with Gasteiger partial charge in [-0.2, -0.15) is 0 Å². The molecule has 1 N–H and O–H groups in total. The van der Waals surface area contributed by atoms with Crippen LogP contribution >= 0.6 is 0 Å². The van der Waals surface area contributed by atoms with Crippen LogP contribution in [0.4, 0.5) is 5.69 Å². The molecule has 2 aliphatic rings. The van der Waals surface area contributed by atoms with Gasteiger partial charge in [0, 0.05) is 5.56 Å². The highest BCUT2D eigenvalue weighted by Gasteiger charge is 2.56. The van der Waals surface area contributed by atoms with Crippen LogP contribution in [0.1, 0.15) is 22.3 Å². The number of anilines is 1. The van der Waals surface area contributed by atoms with Crippen molar-refractivity contribution in [1.29, 1.82) is 0 Å². The number of benzene rings is 2. The molecular weight excluding hydrogens is 346 g/mol. The van der Waals surface area contributed by atoms with Gasteiger partial charge in [0.05, 0.1) is 18.9 Å². The van der Waals surface area contributed by atoms with Gasteiger partial charge in [0.2, 0.25) is 0 Å². The number of amides is 1. The van der Waals surface area contributed by atoms with Gasteiger partial charge >= 0.3 is 5.97 Å². The molecule has 0 unspecified atom stereocenters. The fraction of sp³-hybridized carbons (Fsp3) is 0.238. The standard InChI is InChI=1S/C21H19NO5/c1-14-2-4-15(5-3-14)6-7-16-8-9-18-17(12-16)21(26-10-11-27-21)20(25)22(18)13-19(23)24/h2-9,12H,10-11,13H2,1H3,(H,23,24)/b7-6+. The van der Waals surface area contributed by atoms with Crippen LogP contribution in [0.2, 0.25) is 0 Å². The van der Waals surface area contributed by atoms with Crippen molar-refractivity contribution < 1.29 is 24.2 Å². The fourth-order valence-corrected chi connectivity index (χ4v) is 3.41. The van der Waals surface area contributed by atoms with Gasteiger partial charge < -0.3 is 14.6 Å². The molecule has 6 heteroatoms. The van der Waals surface area contributed by atoms with E-state index in [2.05, 4.69) is 0 Å². The van der Waals surface area contributed by atoms with Crippen LogP contribution < -0.4 is 4.90 Å². The molecule has 0 saturated carbocycles. The number of fused-ring (bicyclic) bond motifs is 2. The highest BCUT2D eigenvalue weighted by Crippen LogP contribution is 2.46. The highest BCUT2D eigenvalue weighted by atomic mass is 16.7. The molecule has 0 aromatic heterocycles. The summed E-state index contributed by atoms with van der Waals surface area (Å²) in [5.74, 6) is -3.11. The number of carbonyl (C=O) groups is 2. The van der Waals surface area contributed by atoms with Crippen molar-refractivity contribution in [3.05, 3.63) is 64.7 Å². The molecule has 138 valence electrons. The first-order valence-corrected chi connectivity index (χ1v) is 8.70. The minimum atomic E-state index is -1.53. The Kier molecular flexibility index (Phi) is 4.30. The van der Waals surface area contributed by atoms with Crippen LogP contribution in [0.15, 0.2) is 42.5 Å². The number of carboxylic acid groups (broad SMARTS) is 1. The zero-order valence-corrected chi connectivity index (χ0v) is 14.8. The number of aliphatic carboxylic acids is 1. The Morgan fingerprint density at radius 3 is 2.41 bits per heavy atom. The number of aryl methyl sites for hydroxylation is 1. The molecule has 2 aromatic rings. The van der Waals surface area contributed by atoms with Crippen LogP contribution in [0, 0.1) is 6.92 Å². The summed E-state index contributed by atoms with van der Waals surface area (Å²) in [5.41, 5.74) is 4.19. The predicted octanol–water partition coefficient (Wildman–Crippen LogP) is 2.80. The lowest BCUT2D eigenvalue weighted by atomic mass is 10.0. The van der Waals surface area contributed by atoms with Gasteiger partial charge in [-0.3, -0.25) is 14.5 Å². The second-order valence-electron chi connectivity index (χ2n) is 6.62. The lowest BCUT2D eigenvalue weighted by molar-refractivity contribution is -0.181. The second-order valence-corrected chi connectivity index (χ2v) is 6.62. The van der Waals surface area contributed by atoms with Crippen molar-refractivity contribution in [2.75, 3.05) is 24.7 Å². The number of ether oxygens (including phenoxy) is 2. The predicted molar refractivity (Wildman–Crippen MR) is 100 cm³/mol. The normalized spacial score (nSPS) is 17.8. The summed E-state index contributed by atoms with van der Waals surface area (Å²) in [4.78, 5) is 25.2. The van der Waals surface area contributed by atoms with Gasteiger partial charge in [0.1, 0.15) is 6.54 Å². The Morgan fingerprint density at radius 1 is 1.11 bits per heavy atom. The first kappa shape index (κ1) is 17.5. The Balaban J connectivity index is 1.71. The lowest BCUT2D eigenvalue weighted by Crippen LogP contribution is -2.43. The van der Waals surface area contributed by atoms with Gasteiger partial charge in [-0.15, -0.1) is 0 Å². The van der Waals surface area contributed by atoms with Crippen molar-refractivity contribution in [3.63, 3.8) is 0 Å². The molecule has 0 aliphatic carbocycles. The van der Waals surface area contributed by atoms with Crippen molar-refractivity contribution in [2.45, 2.75) is 12.7 Å². The molecule has 6 nitrogen and oxygen atoms in total. The Labute approximate surface area is 156 Å². The number of nitrogens with zero attached hydrogens (tertiary/aromatic N) is 1. The van der Waals surface area contributed by atoms with Crippen molar-refractivity contribution in [3.8, 4) is 0 Å². The van der Waals surface area contributed by atoms with E-state index < -0.39 is 24.2 Å². The molecule has 1 saturated heterocycles. The van der Waals surface area contributed by atoms with E-state index in [4.69, 9.17) is 14.6 Å². The van der Waals surface area contributed by atoms with Crippen LogP contribution in [0.3, 0.4) is 0 Å². The van der Waals surface area contributed by atoms with Gasteiger partial charge in [-0.05, 0) is 30.2 Å². The first-order valence-electron chi connectivity index (χ1n) is 8.70. The maximum atomic E-state index is 12.8. The van der Waals surface area contributed by atoms with E-state index in [9.17, 15) is 9.59 Å². The molecule has 0 radical (unpaired) electrons. The molecule has 27 heavy (non-hydrogen) atoms. The quantitative estimate of drug-likeness (QED) is 0.843. The summed E-state index contributed by atoms with van der Waals surface area (Å²) in [7, 11) is 0. The molecule has 2 heterocycles.